The van der Waals surface area contributed by atoms with Crippen molar-refractivity contribution in [3.05, 3.63) is 31.0 Å². The topological polar surface area (TPSA) is 64.9 Å². The van der Waals surface area contributed by atoms with Gasteiger partial charge in [-0.3, -0.25) is 0 Å². The van der Waals surface area contributed by atoms with Crippen LogP contribution in [0.15, 0.2) is 31.0 Å². The maximum atomic E-state index is 5.55. The van der Waals surface area contributed by atoms with Crippen molar-refractivity contribution in [1.29, 1.82) is 0 Å². The number of hydrogen-bond donors (Lipinski definition) is 1. The molecule has 0 aromatic carbocycles. The van der Waals surface area contributed by atoms with Crippen molar-refractivity contribution in [1.82, 2.24) is 19.7 Å². The summed E-state index contributed by atoms with van der Waals surface area (Å²) in [6.07, 6.45) is 6.11. The van der Waals surface area contributed by atoms with Gasteiger partial charge in [0.25, 0.3) is 0 Å². The zero-order valence-electron chi connectivity index (χ0n) is 10.2. The van der Waals surface area contributed by atoms with Gasteiger partial charge in [0.2, 0.25) is 0 Å². The Kier molecular flexibility index (Phi) is 2.93. The molecule has 2 aromatic rings. The van der Waals surface area contributed by atoms with Gasteiger partial charge in [0.15, 0.2) is 5.82 Å². The van der Waals surface area contributed by atoms with Crippen LogP contribution in [0.3, 0.4) is 0 Å². The molecule has 6 nitrogen and oxygen atoms in total. The van der Waals surface area contributed by atoms with E-state index in [2.05, 4.69) is 27.3 Å². The van der Waals surface area contributed by atoms with Crippen LogP contribution in [0.25, 0.3) is 5.82 Å². The van der Waals surface area contributed by atoms with Crippen molar-refractivity contribution < 1.29 is 4.74 Å². The van der Waals surface area contributed by atoms with Crippen LogP contribution in [0, 0.1) is 0 Å². The summed E-state index contributed by atoms with van der Waals surface area (Å²) in [6.45, 7) is 2.88. The highest BCUT2D eigenvalue weighted by atomic mass is 16.5. The SMILES string of the molecule is CC1OCCC1Nc1cccnc1-n1cncn1. The Bertz CT molecular complexity index is 513. The van der Waals surface area contributed by atoms with Crippen molar-refractivity contribution in [3.63, 3.8) is 0 Å². The molecule has 2 aromatic heterocycles. The van der Waals surface area contributed by atoms with Crippen LogP contribution in [0.5, 0.6) is 0 Å². The maximum absolute atomic E-state index is 5.55. The van der Waals surface area contributed by atoms with Crippen LogP contribution in [0.2, 0.25) is 0 Å². The van der Waals surface area contributed by atoms with Crippen molar-refractivity contribution in [2.45, 2.75) is 25.5 Å². The molecule has 1 saturated heterocycles. The number of pyridine rings is 1. The number of rotatable bonds is 3. The van der Waals surface area contributed by atoms with Gasteiger partial charge < -0.3 is 10.1 Å². The predicted octanol–water partition coefficient (Wildman–Crippen LogP) is 1.25. The molecule has 0 amide bonds. The normalized spacial score (nSPS) is 23.2. The first-order valence-electron chi connectivity index (χ1n) is 6.03. The smallest absolute Gasteiger partial charge is 0.178 e. The highest BCUT2D eigenvalue weighted by Gasteiger charge is 2.24. The zero-order valence-corrected chi connectivity index (χ0v) is 10.2. The van der Waals surface area contributed by atoms with Crippen molar-refractivity contribution in [3.8, 4) is 5.82 Å². The van der Waals surface area contributed by atoms with E-state index in [-0.39, 0.29) is 6.10 Å². The Morgan fingerprint density at radius 3 is 3.17 bits per heavy atom. The van der Waals surface area contributed by atoms with E-state index in [0.29, 0.717) is 6.04 Å². The van der Waals surface area contributed by atoms with Crippen molar-refractivity contribution >= 4 is 5.69 Å². The molecule has 1 fully saturated rings. The average molecular weight is 245 g/mol. The van der Waals surface area contributed by atoms with Crippen molar-refractivity contribution in [2.75, 3.05) is 11.9 Å². The third-order valence-electron chi connectivity index (χ3n) is 3.14. The molecule has 0 spiro atoms. The molecule has 3 heterocycles. The number of aromatic nitrogens is 4. The molecular formula is C12H15N5O. The fourth-order valence-electron chi connectivity index (χ4n) is 2.13. The first kappa shape index (κ1) is 11.2. The summed E-state index contributed by atoms with van der Waals surface area (Å²) < 4.78 is 7.21. The molecule has 94 valence electrons. The van der Waals surface area contributed by atoms with Crippen LogP contribution >= 0.6 is 0 Å². The summed E-state index contributed by atoms with van der Waals surface area (Å²) in [5.74, 6) is 0.758. The molecule has 6 heteroatoms. The van der Waals surface area contributed by atoms with Gasteiger partial charge in [-0.05, 0) is 25.5 Å². The summed E-state index contributed by atoms with van der Waals surface area (Å²) in [7, 11) is 0. The molecule has 0 bridgehead atoms. The van der Waals surface area contributed by atoms with Gasteiger partial charge in [-0.1, -0.05) is 0 Å². The second-order valence-corrected chi connectivity index (χ2v) is 4.33. The van der Waals surface area contributed by atoms with E-state index >= 15 is 0 Å². The standard InChI is InChI=1S/C12H15N5O/c1-9-10(4-6-18-9)16-11-3-2-5-14-12(11)17-8-13-7-15-17/h2-3,5,7-10,16H,4,6H2,1H3. The molecule has 1 N–H and O–H groups in total. The molecule has 0 radical (unpaired) electrons. The monoisotopic (exact) mass is 245 g/mol. The first-order valence-corrected chi connectivity index (χ1v) is 6.03. The number of ether oxygens (including phenoxy) is 1. The summed E-state index contributed by atoms with van der Waals surface area (Å²) in [5, 5.41) is 7.58. The lowest BCUT2D eigenvalue weighted by Crippen LogP contribution is -2.27. The van der Waals surface area contributed by atoms with Gasteiger partial charge in [0.05, 0.1) is 17.8 Å². The summed E-state index contributed by atoms with van der Waals surface area (Å²) in [5.41, 5.74) is 0.949. The molecule has 3 rings (SSSR count). The number of nitrogens with one attached hydrogen (secondary N) is 1. The minimum Gasteiger partial charge on any atom is -0.377 e. The molecule has 0 aliphatic carbocycles. The minimum atomic E-state index is 0.216. The van der Waals surface area contributed by atoms with Gasteiger partial charge in [-0.25, -0.2) is 14.6 Å². The van der Waals surface area contributed by atoms with E-state index in [1.165, 1.54) is 6.33 Å². The Morgan fingerprint density at radius 1 is 1.50 bits per heavy atom. The Labute approximate surface area is 105 Å². The summed E-state index contributed by atoms with van der Waals surface area (Å²) in [4.78, 5) is 8.29. The van der Waals surface area contributed by atoms with E-state index in [1.54, 1.807) is 17.2 Å². The summed E-state index contributed by atoms with van der Waals surface area (Å²) in [6, 6.07) is 4.22. The van der Waals surface area contributed by atoms with Crippen molar-refractivity contribution in [2.24, 2.45) is 0 Å². The molecule has 1 aliphatic rings. The third kappa shape index (κ3) is 2.06. The lowest BCUT2D eigenvalue weighted by molar-refractivity contribution is 0.121. The highest BCUT2D eigenvalue weighted by Crippen LogP contribution is 2.22. The molecular weight excluding hydrogens is 230 g/mol. The van der Waals surface area contributed by atoms with E-state index in [4.69, 9.17) is 4.74 Å². The summed E-state index contributed by atoms with van der Waals surface area (Å²) >= 11 is 0. The quantitative estimate of drug-likeness (QED) is 0.881. The van der Waals surface area contributed by atoms with Gasteiger partial charge in [0.1, 0.15) is 12.7 Å². The lowest BCUT2D eigenvalue weighted by Gasteiger charge is -2.18. The number of hydrogen-bond acceptors (Lipinski definition) is 5. The minimum absolute atomic E-state index is 0.216. The maximum Gasteiger partial charge on any atom is 0.178 e. The molecule has 1 aliphatic heterocycles. The van der Waals surface area contributed by atoms with Crippen LogP contribution < -0.4 is 5.32 Å². The van der Waals surface area contributed by atoms with Crippen LogP contribution in [0.4, 0.5) is 5.69 Å². The van der Waals surface area contributed by atoms with E-state index in [1.807, 2.05) is 12.1 Å². The van der Waals surface area contributed by atoms with Crippen LogP contribution in [0.1, 0.15) is 13.3 Å². The predicted molar refractivity (Wildman–Crippen MR) is 66.6 cm³/mol. The fraction of sp³-hybridized carbons (Fsp3) is 0.417. The van der Waals surface area contributed by atoms with Crippen LogP contribution in [-0.4, -0.2) is 38.5 Å². The van der Waals surface area contributed by atoms with Gasteiger partial charge in [-0.15, -0.1) is 0 Å². The van der Waals surface area contributed by atoms with Gasteiger partial charge >= 0.3 is 0 Å². The largest absolute Gasteiger partial charge is 0.377 e. The van der Waals surface area contributed by atoms with Crippen LogP contribution in [-0.2, 0) is 4.74 Å². The second kappa shape index (κ2) is 4.73. The van der Waals surface area contributed by atoms with E-state index < -0.39 is 0 Å². The molecule has 2 unspecified atom stereocenters. The Morgan fingerprint density at radius 2 is 2.44 bits per heavy atom. The molecule has 2 atom stereocenters. The average Bonchev–Trinajstić information content (AvgIpc) is 3.03. The Hall–Kier alpha value is -1.95. The van der Waals surface area contributed by atoms with Gasteiger partial charge in [-0.2, -0.15) is 5.10 Å². The highest BCUT2D eigenvalue weighted by molar-refractivity contribution is 5.56. The number of nitrogens with zero attached hydrogens (tertiary/aromatic N) is 4. The van der Waals surface area contributed by atoms with E-state index in [9.17, 15) is 0 Å². The number of anilines is 1. The second-order valence-electron chi connectivity index (χ2n) is 4.33. The lowest BCUT2D eigenvalue weighted by atomic mass is 10.1. The molecule has 18 heavy (non-hydrogen) atoms. The zero-order chi connectivity index (χ0) is 12.4. The first-order chi connectivity index (χ1) is 8.84. The van der Waals surface area contributed by atoms with Gasteiger partial charge in [0, 0.05) is 12.8 Å². The fourth-order valence-corrected chi connectivity index (χ4v) is 2.13. The van der Waals surface area contributed by atoms with E-state index in [0.717, 1.165) is 24.5 Å². The molecule has 0 saturated carbocycles. The third-order valence-corrected chi connectivity index (χ3v) is 3.14. The Balaban J connectivity index is 1.88.